The molecule has 0 saturated heterocycles. The second-order valence-electron chi connectivity index (χ2n) is 4.21. The molecule has 8 heteroatoms. The lowest BCUT2D eigenvalue weighted by Crippen LogP contribution is -2.18. The van der Waals surface area contributed by atoms with E-state index in [4.69, 9.17) is 5.73 Å². The lowest BCUT2D eigenvalue weighted by atomic mass is 10.3. The second-order valence-corrected chi connectivity index (χ2v) is 7.22. The van der Waals surface area contributed by atoms with Crippen LogP contribution in [0.4, 0.5) is 15.8 Å². The first-order chi connectivity index (χ1) is 9.94. The smallest absolute Gasteiger partial charge is 0.233 e. The summed E-state index contributed by atoms with van der Waals surface area (Å²) in [6, 6.07) is 9.66. The third-order valence-corrected chi connectivity index (χ3v) is 5.02. The zero-order valence-corrected chi connectivity index (χ0v) is 12.6. The molecule has 0 fully saturated rings. The summed E-state index contributed by atoms with van der Waals surface area (Å²) in [6.45, 7) is 0. The van der Waals surface area contributed by atoms with E-state index in [0.717, 1.165) is 17.2 Å². The van der Waals surface area contributed by atoms with E-state index in [2.05, 4.69) is 9.71 Å². The molecule has 0 unspecified atom stereocenters. The van der Waals surface area contributed by atoms with Crippen LogP contribution in [0, 0.1) is 5.95 Å². The minimum Gasteiger partial charge on any atom is -0.399 e. The number of nitrogens with one attached hydrogen (secondary N) is 1. The van der Waals surface area contributed by atoms with Crippen LogP contribution in [0.25, 0.3) is 0 Å². The number of nitrogen functional groups attached to an aromatic ring is 1. The number of thioether (sulfide) groups is 1. The van der Waals surface area contributed by atoms with Crippen molar-refractivity contribution >= 4 is 33.2 Å². The van der Waals surface area contributed by atoms with Crippen molar-refractivity contribution in [2.75, 3.05) is 22.0 Å². The van der Waals surface area contributed by atoms with Crippen molar-refractivity contribution in [2.24, 2.45) is 0 Å². The molecular formula is C13H14FN3O2S2. The van der Waals surface area contributed by atoms with Crippen LogP contribution in [0.15, 0.2) is 47.5 Å². The number of hydrogen-bond acceptors (Lipinski definition) is 5. The van der Waals surface area contributed by atoms with Crippen LogP contribution in [0.2, 0.25) is 0 Å². The van der Waals surface area contributed by atoms with E-state index in [1.54, 1.807) is 12.1 Å². The summed E-state index contributed by atoms with van der Waals surface area (Å²) in [7, 11) is -3.49. The maximum absolute atomic E-state index is 12.6. The van der Waals surface area contributed by atoms with E-state index in [-0.39, 0.29) is 11.4 Å². The first-order valence-corrected chi connectivity index (χ1v) is 8.69. The Morgan fingerprint density at radius 1 is 1.29 bits per heavy atom. The molecule has 0 aliphatic carbocycles. The molecule has 0 aliphatic heterocycles. The van der Waals surface area contributed by atoms with E-state index in [9.17, 15) is 12.8 Å². The summed E-state index contributed by atoms with van der Waals surface area (Å²) in [5.41, 5.74) is 6.53. The number of aromatic nitrogens is 1. The Morgan fingerprint density at radius 3 is 2.76 bits per heavy atom. The van der Waals surface area contributed by atoms with Gasteiger partial charge in [-0.25, -0.2) is 13.4 Å². The van der Waals surface area contributed by atoms with Crippen molar-refractivity contribution in [1.82, 2.24) is 4.98 Å². The van der Waals surface area contributed by atoms with Crippen LogP contribution in [-0.2, 0) is 10.0 Å². The average molecular weight is 327 g/mol. The highest BCUT2D eigenvalue weighted by molar-refractivity contribution is 8.01. The third kappa shape index (κ3) is 5.24. The lowest BCUT2D eigenvalue weighted by molar-refractivity contribution is 0.583. The van der Waals surface area contributed by atoms with E-state index in [0.29, 0.717) is 11.4 Å². The monoisotopic (exact) mass is 327 g/mol. The van der Waals surface area contributed by atoms with Crippen LogP contribution >= 0.6 is 11.8 Å². The van der Waals surface area contributed by atoms with Gasteiger partial charge in [0.1, 0.15) is 0 Å². The molecule has 1 heterocycles. The molecule has 2 rings (SSSR count). The standard InChI is InChI=1S/C13H14FN3O2S2/c14-13-5-4-11(9-16-13)17-21(18,19)7-6-20-12-3-1-2-10(15)8-12/h1-5,8-9,17H,6-7,15H2. The highest BCUT2D eigenvalue weighted by Crippen LogP contribution is 2.20. The maximum Gasteiger partial charge on any atom is 0.233 e. The molecule has 1 aromatic heterocycles. The van der Waals surface area contributed by atoms with Crippen molar-refractivity contribution in [2.45, 2.75) is 4.90 Å². The minimum absolute atomic E-state index is 0.0656. The average Bonchev–Trinajstić information content (AvgIpc) is 2.41. The van der Waals surface area contributed by atoms with Gasteiger partial charge >= 0.3 is 0 Å². The van der Waals surface area contributed by atoms with E-state index in [1.165, 1.54) is 17.8 Å². The molecule has 1 aromatic carbocycles. The van der Waals surface area contributed by atoms with Gasteiger partial charge in [-0.05, 0) is 30.3 Å². The molecule has 0 radical (unpaired) electrons. The van der Waals surface area contributed by atoms with Crippen LogP contribution < -0.4 is 10.5 Å². The summed E-state index contributed by atoms with van der Waals surface area (Å²) < 4.78 is 38.7. The fourth-order valence-electron chi connectivity index (χ4n) is 1.54. The first-order valence-electron chi connectivity index (χ1n) is 6.05. The van der Waals surface area contributed by atoms with Gasteiger partial charge in [-0.2, -0.15) is 4.39 Å². The molecular weight excluding hydrogens is 313 g/mol. The number of nitrogens with two attached hydrogens (primary N) is 1. The molecule has 0 saturated carbocycles. The number of benzene rings is 1. The topological polar surface area (TPSA) is 85.1 Å². The van der Waals surface area contributed by atoms with Crippen molar-refractivity contribution in [1.29, 1.82) is 0 Å². The normalized spacial score (nSPS) is 11.3. The lowest BCUT2D eigenvalue weighted by Gasteiger charge is -2.07. The van der Waals surface area contributed by atoms with Gasteiger partial charge in [-0.3, -0.25) is 4.72 Å². The van der Waals surface area contributed by atoms with E-state index in [1.807, 2.05) is 12.1 Å². The SMILES string of the molecule is Nc1cccc(SCCS(=O)(=O)Nc2ccc(F)nc2)c1. The van der Waals surface area contributed by atoms with E-state index >= 15 is 0 Å². The van der Waals surface area contributed by atoms with Crippen molar-refractivity contribution in [3.05, 3.63) is 48.5 Å². The Labute approximate surface area is 126 Å². The Balaban J connectivity index is 1.88. The maximum atomic E-state index is 12.6. The van der Waals surface area contributed by atoms with Gasteiger partial charge in [-0.1, -0.05) is 6.07 Å². The van der Waals surface area contributed by atoms with Crippen molar-refractivity contribution < 1.29 is 12.8 Å². The molecule has 0 aliphatic rings. The van der Waals surface area contributed by atoms with Gasteiger partial charge in [-0.15, -0.1) is 11.8 Å². The molecule has 0 atom stereocenters. The van der Waals surface area contributed by atoms with Gasteiger partial charge in [0.25, 0.3) is 0 Å². The number of pyridine rings is 1. The molecule has 0 bridgehead atoms. The molecule has 2 aromatic rings. The fraction of sp³-hybridized carbons (Fsp3) is 0.154. The molecule has 3 N–H and O–H groups in total. The number of sulfonamides is 1. The molecule has 0 amide bonds. The number of rotatable bonds is 6. The fourth-order valence-corrected chi connectivity index (χ4v) is 3.96. The third-order valence-electron chi connectivity index (χ3n) is 2.48. The van der Waals surface area contributed by atoms with Crippen LogP contribution in [0.3, 0.4) is 0 Å². The molecule has 0 spiro atoms. The molecule has 5 nitrogen and oxygen atoms in total. The predicted octanol–water partition coefficient (Wildman–Crippen LogP) is 2.34. The van der Waals surface area contributed by atoms with Crippen LogP contribution in [0.1, 0.15) is 0 Å². The Morgan fingerprint density at radius 2 is 2.10 bits per heavy atom. The number of anilines is 2. The van der Waals surface area contributed by atoms with Crippen LogP contribution in [0.5, 0.6) is 0 Å². The second kappa shape index (κ2) is 6.77. The quantitative estimate of drug-likeness (QED) is 0.483. The molecule has 112 valence electrons. The first kappa shape index (κ1) is 15.6. The van der Waals surface area contributed by atoms with Gasteiger partial charge in [0.2, 0.25) is 16.0 Å². The highest BCUT2D eigenvalue weighted by Gasteiger charge is 2.11. The van der Waals surface area contributed by atoms with Crippen molar-refractivity contribution in [3.8, 4) is 0 Å². The van der Waals surface area contributed by atoms with E-state index < -0.39 is 16.0 Å². The minimum atomic E-state index is -3.49. The summed E-state index contributed by atoms with van der Waals surface area (Å²) >= 11 is 1.40. The number of hydrogen-bond donors (Lipinski definition) is 2. The van der Waals surface area contributed by atoms with Crippen molar-refractivity contribution in [3.63, 3.8) is 0 Å². The zero-order valence-electron chi connectivity index (χ0n) is 11.0. The Hall–Kier alpha value is -1.80. The summed E-state index contributed by atoms with van der Waals surface area (Å²) in [6.07, 6.45) is 1.14. The highest BCUT2D eigenvalue weighted by atomic mass is 32.2. The predicted molar refractivity (Wildman–Crippen MR) is 83.2 cm³/mol. The van der Waals surface area contributed by atoms with Gasteiger partial charge in [0, 0.05) is 16.3 Å². The van der Waals surface area contributed by atoms with Gasteiger partial charge < -0.3 is 5.73 Å². The Kier molecular flexibility index (Phi) is 5.03. The van der Waals surface area contributed by atoms with Gasteiger partial charge in [0.15, 0.2) is 0 Å². The largest absolute Gasteiger partial charge is 0.399 e. The van der Waals surface area contributed by atoms with Gasteiger partial charge in [0.05, 0.1) is 17.6 Å². The zero-order chi connectivity index (χ0) is 15.3. The number of nitrogens with zero attached hydrogens (tertiary/aromatic N) is 1. The summed E-state index contributed by atoms with van der Waals surface area (Å²) in [5.74, 6) is -0.341. The summed E-state index contributed by atoms with van der Waals surface area (Å²) in [5, 5.41) is 0. The van der Waals surface area contributed by atoms with Crippen LogP contribution in [-0.4, -0.2) is 24.9 Å². The summed E-state index contributed by atoms with van der Waals surface area (Å²) in [4.78, 5) is 4.30. The molecule has 21 heavy (non-hydrogen) atoms. The number of halogens is 1. The Bertz CT molecular complexity index is 706.